The van der Waals surface area contributed by atoms with Crippen molar-refractivity contribution < 1.29 is 9.59 Å². The van der Waals surface area contributed by atoms with Gasteiger partial charge in [0.15, 0.2) is 5.82 Å². The molecule has 0 saturated carbocycles. The molecular formula is C6H9N9O4. The van der Waals surface area contributed by atoms with Crippen LogP contribution in [0.1, 0.15) is 0 Å². The van der Waals surface area contributed by atoms with E-state index in [0.717, 1.165) is 0 Å². The van der Waals surface area contributed by atoms with Gasteiger partial charge in [-0.1, -0.05) is 0 Å². The molecule has 0 unspecified atom stereocenters. The Morgan fingerprint density at radius 2 is 1.68 bits per heavy atom. The Morgan fingerprint density at radius 3 is 2.11 bits per heavy atom. The van der Waals surface area contributed by atoms with Gasteiger partial charge in [0.2, 0.25) is 11.6 Å². The predicted molar refractivity (Wildman–Crippen MR) is 62.8 cm³/mol. The normalized spacial score (nSPS) is 9.79. The van der Waals surface area contributed by atoms with E-state index >= 15 is 0 Å². The van der Waals surface area contributed by atoms with E-state index in [9.17, 15) is 19.3 Å². The highest BCUT2D eigenvalue weighted by Gasteiger charge is 2.22. The first-order chi connectivity index (χ1) is 8.79. The number of nitrogens with one attached hydrogen (secondary N) is 1. The molecular weight excluding hydrogens is 262 g/mol. The number of hydrogen-bond acceptors (Lipinski definition) is 8. The number of anilines is 2. The van der Waals surface area contributed by atoms with Crippen LogP contribution < -0.4 is 38.7 Å². The van der Waals surface area contributed by atoms with Crippen LogP contribution in [0.15, 0.2) is 9.97 Å². The quantitative estimate of drug-likeness (QED) is 0.174. The molecule has 0 spiro atoms. The minimum absolute atomic E-state index is 0.185. The van der Waals surface area contributed by atoms with Gasteiger partial charge < -0.3 is 11.5 Å². The number of carbonyl (C=O) groups excluding carboxylic acids is 2. The van der Waals surface area contributed by atoms with Gasteiger partial charge in [-0.3, -0.25) is 9.78 Å². The van der Waals surface area contributed by atoms with E-state index in [1.165, 1.54) is 0 Å². The Labute approximate surface area is 104 Å². The number of aromatic amines is 1. The lowest BCUT2D eigenvalue weighted by atomic mass is 10.4. The number of nitroso groups, excluding NO2 is 1. The van der Waals surface area contributed by atoms with Gasteiger partial charge in [0.1, 0.15) is 0 Å². The van der Waals surface area contributed by atoms with Crippen molar-refractivity contribution in [2.75, 3.05) is 10.0 Å². The summed E-state index contributed by atoms with van der Waals surface area (Å²) in [5.41, 5.74) is 7.80. The summed E-state index contributed by atoms with van der Waals surface area (Å²) in [6.45, 7) is 0. The fourth-order valence-electron chi connectivity index (χ4n) is 1.02. The van der Waals surface area contributed by atoms with Crippen molar-refractivity contribution in [1.82, 2.24) is 9.97 Å². The lowest BCUT2D eigenvalue weighted by Gasteiger charge is -2.17. The maximum absolute atomic E-state index is 11.5. The third kappa shape index (κ3) is 2.61. The number of aromatic nitrogens is 2. The first-order valence-electron chi connectivity index (χ1n) is 4.45. The smallest absolute Gasteiger partial charge is 0.336 e. The van der Waals surface area contributed by atoms with Crippen molar-refractivity contribution in [3.63, 3.8) is 0 Å². The Balaban J connectivity index is 3.51. The molecule has 1 rings (SSSR count). The van der Waals surface area contributed by atoms with Gasteiger partial charge in [0.25, 0.3) is 5.56 Å². The highest BCUT2D eigenvalue weighted by molar-refractivity contribution is 5.92. The van der Waals surface area contributed by atoms with Crippen LogP contribution >= 0.6 is 0 Å². The molecule has 0 radical (unpaired) electrons. The Kier molecular flexibility index (Phi) is 3.73. The number of urea groups is 2. The molecule has 0 bridgehead atoms. The molecule has 0 aliphatic rings. The zero-order valence-corrected chi connectivity index (χ0v) is 9.23. The third-order valence-corrected chi connectivity index (χ3v) is 1.89. The average Bonchev–Trinajstić information content (AvgIpc) is 2.35. The number of rotatable bonds is 3. The van der Waals surface area contributed by atoms with Crippen molar-refractivity contribution in [1.29, 1.82) is 0 Å². The number of hydrogen-bond donors (Lipinski definition) is 5. The molecule has 13 heteroatoms. The van der Waals surface area contributed by atoms with Crippen LogP contribution in [0, 0.1) is 4.91 Å². The van der Waals surface area contributed by atoms with Crippen LogP contribution in [-0.2, 0) is 0 Å². The van der Waals surface area contributed by atoms with E-state index in [1.54, 1.807) is 0 Å². The van der Waals surface area contributed by atoms with Crippen LogP contribution in [0.2, 0.25) is 0 Å². The zero-order valence-electron chi connectivity index (χ0n) is 9.23. The van der Waals surface area contributed by atoms with Crippen LogP contribution in [0.4, 0.5) is 27.0 Å². The number of carbonyl (C=O) groups is 2. The number of amides is 4. The average molecular weight is 271 g/mol. The summed E-state index contributed by atoms with van der Waals surface area (Å²) in [6.07, 6.45) is 0. The van der Waals surface area contributed by atoms with Crippen LogP contribution in [-0.4, -0.2) is 22.0 Å². The minimum atomic E-state index is -1.23. The Bertz CT molecular complexity index is 595. The maximum atomic E-state index is 11.5. The SMILES string of the molecule is NC(=O)N(N)c1nc(N(N)C(N)=O)c(N=O)c(=O)[nH]1. The molecule has 1 heterocycles. The van der Waals surface area contributed by atoms with Gasteiger partial charge in [-0.2, -0.15) is 9.99 Å². The molecule has 1 aromatic heterocycles. The molecule has 102 valence electrons. The van der Waals surface area contributed by atoms with Crippen molar-refractivity contribution in [2.45, 2.75) is 0 Å². The standard InChI is InChI=1S/C6H9N9O4/c7-4(17)14(9)2-1(13-19)3(16)12-6(11-2)15(10)5(8)18/h9-10H2,(H2,7,17)(H2,8,18)(H,11,12,16). The summed E-state index contributed by atoms with van der Waals surface area (Å²) in [6, 6.07) is -2.39. The monoisotopic (exact) mass is 271 g/mol. The van der Waals surface area contributed by atoms with E-state index in [0.29, 0.717) is 0 Å². The van der Waals surface area contributed by atoms with Gasteiger partial charge in [-0.15, -0.1) is 4.91 Å². The van der Waals surface area contributed by atoms with Crippen molar-refractivity contribution in [3.8, 4) is 0 Å². The van der Waals surface area contributed by atoms with E-state index in [1.807, 2.05) is 4.98 Å². The summed E-state index contributed by atoms with van der Waals surface area (Å²) in [5.74, 6) is 9.14. The topological polar surface area (TPSA) is 220 Å². The number of H-pyrrole nitrogens is 1. The molecule has 4 amide bonds. The van der Waals surface area contributed by atoms with Crippen molar-refractivity contribution in [3.05, 3.63) is 15.3 Å². The predicted octanol–water partition coefficient (Wildman–Crippen LogP) is -2.31. The minimum Gasteiger partial charge on any atom is -0.350 e. The molecule has 0 aliphatic carbocycles. The first-order valence-corrected chi connectivity index (χ1v) is 4.45. The van der Waals surface area contributed by atoms with Gasteiger partial charge in [-0.05, 0) is 5.18 Å². The van der Waals surface area contributed by atoms with Gasteiger partial charge in [0.05, 0.1) is 0 Å². The van der Waals surface area contributed by atoms with Crippen molar-refractivity contribution in [2.24, 2.45) is 28.3 Å². The summed E-state index contributed by atoms with van der Waals surface area (Å²) in [7, 11) is 0. The summed E-state index contributed by atoms with van der Waals surface area (Å²) < 4.78 is 0. The second kappa shape index (κ2) is 5.07. The van der Waals surface area contributed by atoms with E-state index in [4.69, 9.17) is 23.2 Å². The van der Waals surface area contributed by atoms with Crippen LogP contribution in [0.3, 0.4) is 0 Å². The van der Waals surface area contributed by atoms with Gasteiger partial charge in [0, 0.05) is 0 Å². The molecule has 9 N–H and O–H groups in total. The largest absolute Gasteiger partial charge is 0.350 e. The lowest BCUT2D eigenvalue weighted by Crippen LogP contribution is -2.46. The summed E-state index contributed by atoms with van der Waals surface area (Å²) in [5, 5.41) is 2.80. The molecule has 0 atom stereocenters. The highest BCUT2D eigenvalue weighted by Crippen LogP contribution is 2.21. The van der Waals surface area contributed by atoms with Gasteiger partial charge >= 0.3 is 12.1 Å². The Morgan fingerprint density at radius 1 is 1.16 bits per heavy atom. The van der Waals surface area contributed by atoms with Crippen molar-refractivity contribution >= 4 is 29.5 Å². The van der Waals surface area contributed by atoms with Crippen LogP contribution in [0.5, 0.6) is 0 Å². The number of primary amides is 2. The number of hydrazine groups is 2. The molecule has 1 aromatic rings. The van der Waals surface area contributed by atoms with E-state index < -0.39 is 35.1 Å². The number of nitrogens with zero attached hydrogens (tertiary/aromatic N) is 4. The fraction of sp³-hybridized carbons (Fsp3) is 0. The second-order valence-electron chi connectivity index (χ2n) is 3.07. The highest BCUT2D eigenvalue weighted by atomic mass is 16.3. The van der Waals surface area contributed by atoms with E-state index in [-0.39, 0.29) is 10.0 Å². The molecule has 0 aliphatic heterocycles. The Hall–Kier alpha value is -3.06. The molecule has 0 saturated heterocycles. The molecule has 13 nitrogen and oxygen atoms in total. The third-order valence-electron chi connectivity index (χ3n) is 1.89. The molecule has 19 heavy (non-hydrogen) atoms. The molecule has 0 fully saturated rings. The van der Waals surface area contributed by atoms with Gasteiger partial charge in [-0.25, -0.2) is 26.3 Å². The molecule has 0 aromatic carbocycles. The second-order valence-corrected chi connectivity index (χ2v) is 3.07. The van der Waals surface area contributed by atoms with Crippen LogP contribution in [0.25, 0.3) is 0 Å². The zero-order chi connectivity index (χ0) is 14.7. The maximum Gasteiger partial charge on any atom is 0.336 e. The number of nitrogens with two attached hydrogens (primary N) is 4. The lowest BCUT2D eigenvalue weighted by molar-refractivity contribution is 0.253. The van der Waals surface area contributed by atoms with E-state index in [2.05, 4.69) is 10.2 Å². The summed E-state index contributed by atoms with van der Waals surface area (Å²) >= 11 is 0. The first kappa shape index (κ1) is 14.0. The summed E-state index contributed by atoms with van der Waals surface area (Å²) in [4.78, 5) is 49.1. The fourth-order valence-corrected chi connectivity index (χ4v) is 1.02.